The third-order valence-corrected chi connectivity index (χ3v) is 5.20. The van der Waals surface area contributed by atoms with Crippen molar-refractivity contribution in [3.05, 3.63) is 35.2 Å². The maximum atomic E-state index is 12.6. The predicted molar refractivity (Wildman–Crippen MR) is 77.3 cm³/mol. The Hall–Kier alpha value is -1.15. The molecule has 1 heterocycles. The van der Waals surface area contributed by atoms with E-state index in [1.807, 2.05) is 12.1 Å². The number of carbonyl (C=O) groups excluding carboxylic acids is 1. The molecule has 94 valence electrons. The Labute approximate surface area is 112 Å². The molecule has 1 aliphatic carbocycles. The topological polar surface area (TPSA) is 17.1 Å². The molecule has 0 radical (unpaired) electrons. The van der Waals surface area contributed by atoms with Crippen LogP contribution in [0.5, 0.6) is 0 Å². The fourth-order valence-corrected chi connectivity index (χ4v) is 4.01. The average molecular weight is 258 g/mol. The molecular weight excluding hydrogens is 240 g/mol. The van der Waals surface area contributed by atoms with Crippen LogP contribution < -0.4 is 0 Å². The summed E-state index contributed by atoms with van der Waals surface area (Å²) in [5.41, 5.74) is 0.948. The van der Waals surface area contributed by atoms with Gasteiger partial charge in [0, 0.05) is 16.2 Å². The largest absolute Gasteiger partial charge is 0.294 e. The molecule has 1 fully saturated rings. The maximum absolute atomic E-state index is 12.6. The van der Waals surface area contributed by atoms with Gasteiger partial charge in [0.2, 0.25) is 0 Å². The van der Waals surface area contributed by atoms with Crippen LogP contribution in [0.3, 0.4) is 0 Å². The van der Waals surface area contributed by atoms with Gasteiger partial charge in [0.25, 0.3) is 0 Å². The number of fused-ring (bicyclic) bond motifs is 1. The van der Waals surface area contributed by atoms with Crippen molar-refractivity contribution in [1.29, 1.82) is 0 Å². The molecule has 3 rings (SSSR count). The number of benzene rings is 1. The Kier molecular flexibility index (Phi) is 3.21. The second kappa shape index (κ2) is 4.85. The van der Waals surface area contributed by atoms with Gasteiger partial charge in [0.05, 0.1) is 0 Å². The minimum absolute atomic E-state index is 0.266. The summed E-state index contributed by atoms with van der Waals surface area (Å²) in [6, 6.07) is 8.20. The quantitative estimate of drug-likeness (QED) is 0.715. The fourth-order valence-electron chi connectivity index (χ4n) is 3.09. The molecule has 1 aliphatic rings. The fraction of sp³-hybridized carbons (Fsp3) is 0.438. The van der Waals surface area contributed by atoms with E-state index in [-0.39, 0.29) is 5.92 Å². The van der Waals surface area contributed by atoms with Crippen LogP contribution in [0.25, 0.3) is 10.1 Å². The lowest BCUT2D eigenvalue weighted by atomic mass is 9.94. The molecule has 0 spiro atoms. The SMILES string of the molecule is CCC1CCC(C(=O)c2cccc3ccsc23)C1. The second-order valence-corrected chi connectivity index (χ2v) is 6.21. The first-order valence-corrected chi connectivity index (χ1v) is 7.68. The van der Waals surface area contributed by atoms with Crippen molar-refractivity contribution in [3.8, 4) is 0 Å². The molecule has 2 atom stereocenters. The number of thiophene rings is 1. The first-order chi connectivity index (χ1) is 8.79. The highest BCUT2D eigenvalue weighted by atomic mass is 32.1. The van der Waals surface area contributed by atoms with Crippen molar-refractivity contribution in [2.24, 2.45) is 11.8 Å². The summed E-state index contributed by atoms with van der Waals surface area (Å²) in [6.45, 7) is 2.23. The standard InChI is InChI=1S/C16H18OS/c1-2-11-6-7-13(10-11)15(17)14-5-3-4-12-8-9-18-16(12)14/h3-5,8-9,11,13H,2,6-7,10H2,1H3. The van der Waals surface area contributed by atoms with Gasteiger partial charge in [-0.3, -0.25) is 4.79 Å². The molecule has 18 heavy (non-hydrogen) atoms. The number of hydrogen-bond acceptors (Lipinski definition) is 2. The van der Waals surface area contributed by atoms with Crippen molar-refractivity contribution in [2.75, 3.05) is 0 Å². The number of rotatable bonds is 3. The van der Waals surface area contributed by atoms with E-state index in [2.05, 4.69) is 24.4 Å². The molecule has 2 aromatic rings. The number of hydrogen-bond donors (Lipinski definition) is 0. The summed E-state index contributed by atoms with van der Waals surface area (Å²) in [5.74, 6) is 1.41. The number of ketones is 1. The molecule has 0 aliphatic heterocycles. The van der Waals surface area contributed by atoms with Gasteiger partial charge < -0.3 is 0 Å². The lowest BCUT2D eigenvalue weighted by molar-refractivity contribution is 0.0922. The molecule has 0 amide bonds. The number of Topliss-reactive ketones (excluding diaryl/α,β-unsaturated/α-hetero) is 1. The van der Waals surface area contributed by atoms with Gasteiger partial charge in [-0.15, -0.1) is 11.3 Å². The highest BCUT2D eigenvalue weighted by Gasteiger charge is 2.30. The summed E-state index contributed by atoms with van der Waals surface area (Å²) in [6.07, 6.45) is 4.62. The van der Waals surface area contributed by atoms with Crippen LogP contribution in [0.2, 0.25) is 0 Å². The monoisotopic (exact) mass is 258 g/mol. The molecule has 0 bridgehead atoms. The maximum Gasteiger partial charge on any atom is 0.167 e. The lowest BCUT2D eigenvalue weighted by Crippen LogP contribution is -2.11. The van der Waals surface area contributed by atoms with Crippen LogP contribution in [0.4, 0.5) is 0 Å². The zero-order valence-corrected chi connectivity index (χ0v) is 11.5. The van der Waals surface area contributed by atoms with E-state index in [0.717, 1.165) is 24.3 Å². The molecule has 2 unspecified atom stereocenters. The Balaban J connectivity index is 1.90. The predicted octanol–water partition coefficient (Wildman–Crippen LogP) is 4.91. The van der Waals surface area contributed by atoms with E-state index in [1.165, 1.54) is 22.9 Å². The zero-order valence-electron chi connectivity index (χ0n) is 10.7. The first kappa shape index (κ1) is 11.9. The van der Waals surface area contributed by atoms with E-state index in [1.54, 1.807) is 11.3 Å². The lowest BCUT2D eigenvalue weighted by Gasteiger charge is -2.10. The Morgan fingerprint density at radius 2 is 2.22 bits per heavy atom. The van der Waals surface area contributed by atoms with Crippen molar-refractivity contribution in [2.45, 2.75) is 32.6 Å². The smallest absolute Gasteiger partial charge is 0.167 e. The zero-order chi connectivity index (χ0) is 12.5. The minimum Gasteiger partial charge on any atom is -0.294 e. The van der Waals surface area contributed by atoms with Gasteiger partial charge in [-0.2, -0.15) is 0 Å². The Bertz CT molecular complexity index is 569. The van der Waals surface area contributed by atoms with E-state index >= 15 is 0 Å². The van der Waals surface area contributed by atoms with Crippen LogP contribution >= 0.6 is 11.3 Å². The van der Waals surface area contributed by atoms with E-state index in [4.69, 9.17) is 0 Å². The van der Waals surface area contributed by atoms with Crippen LogP contribution in [0.1, 0.15) is 43.0 Å². The van der Waals surface area contributed by atoms with Crippen LogP contribution in [-0.4, -0.2) is 5.78 Å². The van der Waals surface area contributed by atoms with Gasteiger partial charge in [0.15, 0.2) is 5.78 Å². The van der Waals surface area contributed by atoms with Gasteiger partial charge in [0.1, 0.15) is 0 Å². The van der Waals surface area contributed by atoms with Crippen molar-refractivity contribution in [1.82, 2.24) is 0 Å². The van der Waals surface area contributed by atoms with Crippen molar-refractivity contribution < 1.29 is 4.79 Å². The minimum atomic E-state index is 0.266. The summed E-state index contributed by atoms with van der Waals surface area (Å²) < 4.78 is 1.17. The molecule has 1 aromatic heterocycles. The van der Waals surface area contributed by atoms with E-state index in [0.29, 0.717) is 5.78 Å². The second-order valence-electron chi connectivity index (χ2n) is 5.29. The van der Waals surface area contributed by atoms with Crippen molar-refractivity contribution >= 4 is 27.2 Å². The van der Waals surface area contributed by atoms with Crippen molar-refractivity contribution in [3.63, 3.8) is 0 Å². The summed E-state index contributed by atoms with van der Waals surface area (Å²) in [5, 5.41) is 3.28. The van der Waals surface area contributed by atoms with Crippen LogP contribution in [-0.2, 0) is 0 Å². The van der Waals surface area contributed by atoms with E-state index < -0.39 is 0 Å². The average Bonchev–Trinajstić information content (AvgIpc) is 3.05. The van der Waals surface area contributed by atoms with Gasteiger partial charge in [-0.05, 0) is 48.1 Å². The normalized spacial score (nSPS) is 23.6. The molecule has 1 nitrogen and oxygen atoms in total. The van der Waals surface area contributed by atoms with Crippen LogP contribution in [0.15, 0.2) is 29.6 Å². The molecule has 2 heteroatoms. The third-order valence-electron chi connectivity index (χ3n) is 4.23. The summed E-state index contributed by atoms with van der Waals surface area (Å²) in [7, 11) is 0. The molecule has 0 N–H and O–H groups in total. The summed E-state index contributed by atoms with van der Waals surface area (Å²) >= 11 is 1.69. The van der Waals surface area contributed by atoms with Gasteiger partial charge >= 0.3 is 0 Å². The molecule has 1 aromatic carbocycles. The summed E-state index contributed by atoms with van der Waals surface area (Å²) in [4.78, 5) is 12.6. The van der Waals surface area contributed by atoms with E-state index in [9.17, 15) is 4.79 Å². The van der Waals surface area contributed by atoms with Gasteiger partial charge in [-0.1, -0.05) is 25.5 Å². The van der Waals surface area contributed by atoms with Crippen LogP contribution in [0, 0.1) is 11.8 Å². The highest BCUT2D eigenvalue weighted by Crippen LogP contribution is 2.36. The molecule has 1 saturated carbocycles. The first-order valence-electron chi connectivity index (χ1n) is 6.80. The number of carbonyl (C=O) groups is 1. The Morgan fingerprint density at radius 1 is 1.33 bits per heavy atom. The molecule has 0 saturated heterocycles. The van der Waals surface area contributed by atoms with Gasteiger partial charge in [-0.25, -0.2) is 0 Å². The highest BCUT2D eigenvalue weighted by molar-refractivity contribution is 7.17. The molecular formula is C16H18OS. The Morgan fingerprint density at radius 3 is 3.00 bits per heavy atom. The third kappa shape index (κ3) is 1.99.